The van der Waals surface area contributed by atoms with Gasteiger partial charge in [-0.3, -0.25) is 14.4 Å². The van der Waals surface area contributed by atoms with E-state index in [1.54, 1.807) is 90.1 Å². The summed E-state index contributed by atoms with van der Waals surface area (Å²) in [5.74, 6) is -8.93. The van der Waals surface area contributed by atoms with Gasteiger partial charge in [-0.1, -0.05) is 69.3 Å². The van der Waals surface area contributed by atoms with Crippen LogP contribution in [0.3, 0.4) is 0 Å². The fraction of sp³-hybridized carbons (Fsp3) is 0.581. The van der Waals surface area contributed by atoms with E-state index in [2.05, 4.69) is 5.32 Å². The van der Waals surface area contributed by atoms with E-state index in [9.17, 15) is 44.1 Å². The summed E-state index contributed by atoms with van der Waals surface area (Å²) in [4.78, 5) is 83.6. The number of amides is 1. The number of nitrogens with one attached hydrogen (secondary N) is 1. The molecule has 12 atom stereocenters. The average molecular weight is 808 g/mol. The van der Waals surface area contributed by atoms with E-state index in [-0.39, 0.29) is 18.6 Å². The van der Waals surface area contributed by atoms with Crippen LogP contribution in [0, 0.1) is 28.6 Å². The van der Waals surface area contributed by atoms with Crippen molar-refractivity contribution in [2.45, 2.75) is 122 Å². The Kier molecular flexibility index (Phi) is 11.2. The van der Waals surface area contributed by atoms with Crippen molar-refractivity contribution in [2.75, 3.05) is 6.61 Å². The van der Waals surface area contributed by atoms with Gasteiger partial charge in [0.2, 0.25) is 11.6 Å². The van der Waals surface area contributed by atoms with Crippen LogP contribution in [0.25, 0.3) is 0 Å². The zero-order valence-electron chi connectivity index (χ0n) is 33.9. The number of hydrogen-bond donors (Lipinski definition) is 4. The Labute approximate surface area is 336 Å². The third kappa shape index (κ3) is 7.09. The maximum absolute atomic E-state index is 14.9. The van der Waals surface area contributed by atoms with Crippen molar-refractivity contribution in [1.82, 2.24) is 5.32 Å². The Morgan fingerprint density at radius 1 is 0.948 bits per heavy atom. The first-order valence-electron chi connectivity index (χ1n) is 19.5. The van der Waals surface area contributed by atoms with Gasteiger partial charge in [0.25, 0.3) is 0 Å². The van der Waals surface area contributed by atoms with Crippen molar-refractivity contribution in [3.05, 3.63) is 71.8 Å². The first-order valence-corrected chi connectivity index (χ1v) is 19.5. The summed E-state index contributed by atoms with van der Waals surface area (Å²) in [6.07, 6.45) is -9.48. The number of carbonyl (C=O) groups excluding carboxylic acids is 6. The molecule has 15 heteroatoms. The lowest BCUT2D eigenvalue weighted by Crippen LogP contribution is -2.82. The summed E-state index contributed by atoms with van der Waals surface area (Å²) in [7, 11) is 0. The smallest absolute Gasteiger partial charge is 0.408 e. The highest BCUT2D eigenvalue weighted by Gasteiger charge is 2.79. The second-order valence-corrected chi connectivity index (χ2v) is 17.9. The van der Waals surface area contributed by atoms with Crippen LogP contribution in [0.2, 0.25) is 0 Å². The summed E-state index contributed by atoms with van der Waals surface area (Å²) in [5.41, 5.74) is -8.31. The van der Waals surface area contributed by atoms with Crippen LogP contribution in [-0.2, 0) is 42.9 Å². The highest BCUT2D eigenvalue weighted by Crippen LogP contribution is 2.64. The Morgan fingerprint density at radius 3 is 2.10 bits per heavy atom. The molecule has 0 spiro atoms. The molecule has 2 aromatic carbocycles. The maximum atomic E-state index is 14.9. The van der Waals surface area contributed by atoms with Crippen molar-refractivity contribution in [2.24, 2.45) is 28.6 Å². The van der Waals surface area contributed by atoms with E-state index in [0.29, 0.717) is 5.56 Å². The first-order chi connectivity index (χ1) is 27.0. The van der Waals surface area contributed by atoms with E-state index >= 15 is 0 Å². The van der Waals surface area contributed by atoms with Gasteiger partial charge in [0.05, 0.1) is 35.6 Å². The minimum Gasteiger partial charge on any atom is -0.460 e. The number of aliphatic hydroxyl groups is 3. The standard InChI is InChI=1S/C43H53NO14/c1-22-26(55-37(51)32(48)30(24-15-11-9-12-16-24)44-38(52)58-39(3,4)5)20-43(53)35(56-36(50)25-17-13-10-14-18-25)33-41(8,34(49)31(47)29(22)40(43,6)7)27(46)19-28-42(33,21-54-28)57-23(2)45/h9-18,22,26-30,32-33,35,46,48,53H,19-21H2,1-8H3,(H,44,52)/t22?,26-,27-,28+,29?,30+,32?,33-,35-,41+,42-,43+/m0/s1. The number of ketones is 2. The second kappa shape index (κ2) is 15.2. The van der Waals surface area contributed by atoms with Crippen LogP contribution in [0.1, 0.15) is 90.2 Å². The van der Waals surface area contributed by atoms with E-state index in [4.69, 9.17) is 23.7 Å². The molecule has 15 nitrogen and oxygen atoms in total. The van der Waals surface area contributed by atoms with Crippen LogP contribution in [0.4, 0.5) is 4.79 Å². The third-order valence-corrected chi connectivity index (χ3v) is 12.9. The predicted molar refractivity (Wildman–Crippen MR) is 203 cm³/mol. The Morgan fingerprint density at radius 2 is 1.55 bits per heavy atom. The summed E-state index contributed by atoms with van der Waals surface area (Å²) >= 11 is 0. The molecule has 1 heterocycles. The number of fused-ring (bicyclic) bond motifs is 5. The largest absolute Gasteiger partial charge is 0.460 e. The van der Waals surface area contributed by atoms with E-state index in [1.165, 1.54) is 19.1 Å². The zero-order valence-corrected chi connectivity index (χ0v) is 33.9. The molecule has 3 saturated carbocycles. The van der Waals surface area contributed by atoms with E-state index in [0.717, 1.165) is 6.92 Å². The highest BCUT2D eigenvalue weighted by molar-refractivity contribution is 6.40. The number of carbonyl (C=O) groups is 6. The minimum absolute atomic E-state index is 0.0747. The van der Waals surface area contributed by atoms with Crippen LogP contribution in [0.15, 0.2) is 60.7 Å². The summed E-state index contributed by atoms with van der Waals surface area (Å²) in [6, 6.07) is 14.6. The molecule has 3 aliphatic carbocycles. The van der Waals surface area contributed by atoms with Crippen molar-refractivity contribution < 1.29 is 67.8 Å². The summed E-state index contributed by atoms with van der Waals surface area (Å²) in [5, 5.41) is 39.3. The van der Waals surface area contributed by atoms with E-state index in [1.807, 2.05) is 0 Å². The lowest BCUT2D eigenvalue weighted by atomic mass is 9.42. The summed E-state index contributed by atoms with van der Waals surface area (Å²) < 4.78 is 29.5. The normalized spacial score (nSPS) is 34.9. The van der Waals surface area contributed by atoms with Gasteiger partial charge in [0, 0.05) is 37.0 Å². The van der Waals surface area contributed by atoms with Crippen LogP contribution >= 0.6 is 0 Å². The van der Waals surface area contributed by atoms with Gasteiger partial charge in [0.1, 0.15) is 29.5 Å². The van der Waals surface area contributed by atoms with Crippen LogP contribution in [-0.4, -0.2) is 105 Å². The molecule has 4 N–H and O–H groups in total. The molecular formula is C43H53NO14. The number of hydrogen-bond acceptors (Lipinski definition) is 14. The van der Waals surface area contributed by atoms with Crippen molar-refractivity contribution in [1.29, 1.82) is 0 Å². The van der Waals surface area contributed by atoms with Gasteiger partial charge in [-0.2, -0.15) is 0 Å². The third-order valence-electron chi connectivity index (χ3n) is 12.9. The van der Waals surface area contributed by atoms with Crippen molar-refractivity contribution >= 4 is 35.6 Å². The molecule has 1 saturated heterocycles. The van der Waals surface area contributed by atoms with Gasteiger partial charge in [-0.25, -0.2) is 14.4 Å². The molecule has 314 valence electrons. The molecule has 4 fully saturated rings. The number of alkyl carbamates (subject to hydrolysis) is 1. The van der Waals surface area contributed by atoms with Gasteiger partial charge in [-0.15, -0.1) is 0 Å². The molecule has 0 aromatic heterocycles. The molecule has 4 aliphatic rings. The van der Waals surface area contributed by atoms with Crippen LogP contribution in [0.5, 0.6) is 0 Å². The number of esters is 3. The minimum atomic E-state index is -2.36. The van der Waals surface area contributed by atoms with Crippen molar-refractivity contribution in [3.63, 3.8) is 0 Å². The number of Topliss-reactive ketones (excluding diaryl/α,β-unsaturated/α-hetero) is 2. The quantitative estimate of drug-likeness (QED) is 0.171. The van der Waals surface area contributed by atoms with Gasteiger partial charge in [0.15, 0.2) is 11.7 Å². The van der Waals surface area contributed by atoms with Gasteiger partial charge in [-0.05, 0) is 45.4 Å². The topological polar surface area (TPSA) is 221 Å². The number of aliphatic hydroxyl groups excluding tert-OH is 2. The van der Waals surface area contributed by atoms with Gasteiger partial charge >= 0.3 is 24.0 Å². The van der Waals surface area contributed by atoms with Crippen LogP contribution < -0.4 is 5.32 Å². The second-order valence-electron chi connectivity index (χ2n) is 17.9. The monoisotopic (exact) mass is 807 g/mol. The molecule has 6 rings (SSSR count). The fourth-order valence-electron chi connectivity index (χ4n) is 9.87. The Hall–Kier alpha value is -4.70. The Bertz CT molecular complexity index is 1950. The zero-order chi connectivity index (χ0) is 42.7. The average Bonchev–Trinajstić information content (AvgIpc) is 3.14. The molecule has 3 unspecified atom stereocenters. The number of rotatable bonds is 8. The lowest BCUT2D eigenvalue weighted by Gasteiger charge is -2.67. The van der Waals surface area contributed by atoms with E-state index < -0.39 is 124 Å². The molecule has 58 heavy (non-hydrogen) atoms. The molecule has 1 amide bonds. The maximum Gasteiger partial charge on any atom is 0.408 e. The van der Waals surface area contributed by atoms with Crippen molar-refractivity contribution in [3.8, 4) is 0 Å². The predicted octanol–water partition coefficient (Wildman–Crippen LogP) is 3.40. The Balaban J connectivity index is 1.46. The molecular weight excluding hydrogens is 754 g/mol. The summed E-state index contributed by atoms with van der Waals surface area (Å²) in [6.45, 7) is 11.8. The fourth-order valence-corrected chi connectivity index (χ4v) is 9.87. The molecule has 0 radical (unpaired) electrons. The molecule has 2 aromatic rings. The molecule has 2 bridgehead atoms. The SMILES string of the molecule is CC(=O)O[C@@]12CO[C@@H]1C[C@H](O)[C@@]1(C)C(=O)C(=O)C3C(C)[C@@H](OC(=O)C(O)[C@H](NC(=O)OC(C)(C)C)c4ccccc4)C[C@@](O)([C@@H](OC(=O)c4ccccc4)[C@H]21)C3(C)C. The molecule has 1 aliphatic heterocycles. The van der Waals surface area contributed by atoms with Gasteiger partial charge < -0.3 is 44.3 Å². The first kappa shape index (κ1) is 42.9. The number of benzene rings is 2. The highest BCUT2D eigenvalue weighted by atomic mass is 16.6. The lowest BCUT2D eigenvalue weighted by molar-refractivity contribution is -0.350. The number of ether oxygens (including phenoxy) is 5.